The predicted molar refractivity (Wildman–Crippen MR) is 138 cm³/mol. The summed E-state index contributed by atoms with van der Waals surface area (Å²) in [5, 5.41) is 42.6. The first kappa shape index (κ1) is 27.5. The lowest BCUT2D eigenvalue weighted by Gasteiger charge is -2.34. The number of phenolic OH excluding ortho intramolecular Hbond substituents is 2. The first-order valence-corrected chi connectivity index (χ1v) is 13.3. The number of aryl methyl sites for hydroxylation is 1. The van der Waals surface area contributed by atoms with Crippen LogP contribution >= 0.6 is 0 Å². The average Bonchev–Trinajstić information content (AvgIpc) is 2.78. The highest BCUT2D eigenvalue weighted by Gasteiger charge is 2.33. The number of likely N-dealkylation sites (N-methyl/N-ethyl adjacent to an activating group) is 1. The van der Waals surface area contributed by atoms with Gasteiger partial charge in [0.25, 0.3) is 0 Å². The number of hydrogen-bond donors (Lipinski definition) is 4. The van der Waals surface area contributed by atoms with Crippen molar-refractivity contribution in [2.24, 2.45) is 0 Å². The van der Waals surface area contributed by atoms with Crippen molar-refractivity contribution in [3.63, 3.8) is 0 Å². The number of aliphatic hydroxyl groups is 2. The molecule has 3 atom stereocenters. The normalized spacial score (nSPS) is 19.9. The number of aromatic hydroxyl groups is 2. The highest BCUT2D eigenvalue weighted by Crippen LogP contribution is 2.42. The van der Waals surface area contributed by atoms with Crippen molar-refractivity contribution < 1.29 is 24.8 Å². The Bertz CT molecular complexity index is 1030. The number of aliphatic hydroxyl groups excluding tert-OH is 2. The number of β-amino-alcohol motifs (C(OH)–C–C–N with tert-alkyl or cyclic N) is 1. The van der Waals surface area contributed by atoms with Crippen molar-refractivity contribution in [2.75, 3.05) is 20.1 Å². The molecular weight excluding hydrogens is 446 g/mol. The van der Waals surface area contributed by atoms with Gasteiger partial charge in [-0.3, -0.25) is 4.79 Å². The van der Waals surface area contributed by atoms with Gasteiger partial charge in [-0.05, 0) is 33.4 Å². The first-order chi connectivity index (χ1) is 16.8. The van der Waals surface area contributed by atoms with Gasteiger partial charge in [-0.2, -0.15) is 0 Å². The quantitative estimate of drug-likeness (QED) is 0.301. The molecule has 1 fully saturated rings. The van der Waals surface area contributed by atoms with E-state index in [4.69, 9.17) is 4.42 Å². The van der Waals surface area contributed by atoms with Gasteiger partial charge in [0.2, 0.25) is 5.43 Å². The van der Waals surface area contributed by atoms with E-state index in [2.05, 4.69) is 6.92 Å². The van der Waals surface area contributed by atoms with Crippen LogP contribution in [0.3, 0.4) is 0 Å². The molecule has 2 aromatic rings. The molecule has 4 N–H and O–H groups in total. The van der Waals surface area contributed by atoms with E-state index in [1.165, 1.54) is 38.5 Å². The SMILES string of the molecule is CCCCCCCCCCCC(O)c1c(C)oc2c(C3CCN(C)CC3O)c(O)cc(O)c2c1=O. The molecule has 0 spiro atoms. The van der Waals surface area contributed by atoms with Gasteiger partial charge in [0.15, 0.2) is 0 Å². The van der Waals surface area contributed by atoms with E-state index in [0.717, 1.165) is 31.9 Å². The first-order valence-electron chi connectivity index (χ1n) is 13.3. The Morgan fingerprint density at radius 3 is 2.31 bits per heavy atom. The van der Waals surface area contributed by atoms with E-state index in [1.807, 2.05) is 11.9 Å². The molecule has 0 aliphatic carbocycles. The van der Waals surface area contributed by atoms with Crippen LogP contribution in [0, 0.1) is 6.92 Å². The highest BCUT2D eigenvalue weighted by molar-refractivity contribution is 5.89. The molecule has 7 heteroatoms. The van der Waals surface area contributed by atoms with Crippen LogP contribution in [-0.4, -0.2) is 51.6 Å². The number of nitrogens with zero attached hydrogens (tertiary/aromatic N) is 1. The minimum Gasteiger partial charge on any atom is -0.507 e. The fourth-order valence-electron chi connectivity index (χ4n) is 5.44. The Balaban J connectivity index is 1.76. The molecule has 1 aromatic heterocycles. The summed E-state index contributed by atoms with van der Waals surface area (Å²) in [4.78, 5) is 15.4. The van der Waals surface area contributed by atoms with E-state index in [0.29, 0.717) is 24.9 Å². The third kappa shape index (κ3) is 6.57. The van der Waals surface area contributed by atoms with Crippen LogP contribution in [0.25, 0.3) is 11.0 Å². The summed E-state index contributed by atoms with van der Waals surface area (Å²) in [6.07, 6.45) is 9.81. The fraction of sp³-hybridized carbons (Fsp3) is 0.679. The van der Waals surface area contributed by atoms with Crippen molar-refractivity contribution >= 4 is 11.0 Å². The maximum absolute atomic E-state index is 13.4. The Kier molecular flexibility index (Phi) is 10.0. The Morgan fingerprint density at radius 2 is 1.69 bits per heavy atom. The molecule has 0 radical (unpaired) electrons. The lowest BCUT2D eigenvalue weighted by Crippen LogP contribution is -2.40. The van der Waals surface area contributed by atoms with Crippen LogP contribution in [-0.2, 0) is 0 Å². The van der Waals surface area contributed by atoms with Gasteiger partial charge in [0.1, 0.15) is 28.2 Å². The molecular formula is C28H43NO6. The molecule has 1 saturated heterocycles. The lowest BCUT2D eigenvalue weighted by molar-refractivity contribution is 0.0630. The van der Waals surface area contributed by atoms with Crippen molar-refractivity contribution in [3.8, 4) is 11.5 Å². The molecule has 1 aliphatic rings. The van der Waals surface area contributed by atoms with Crippen LogP contribution < -0.4 is 5.43 Å². The number of phenols is 2. The number of piperidine rings is 1. The number of unbranched alkanes of at least 4 members (excludes halogenated alkanes) is 8. The van der Waals surface area contributed by atoms with E-state index in [1.54, 1.807) is 6.92 Å². The molecule has 3 rings (SSSR count). The smallest absolute Gasteiger partial charge is 0.202 e. The molecule has 0 amide bonds. The summed E-state index contributed by atoms with van der Waals surface area (Å²) in [6.45, 7) is 5.01. The number of benzene rings is 1. The maximum Gasteiger partial charge on any atom is 0.202 e. The van der Waals surface area contributed by atoms with E-state index >= 15 is 0 Å². The van der Waals surface area contributed by atoms with Crippen LogP contribution in [0.5, 0.6) is 11.5 Å². The monoisotopic (exact) mass is 489 g/mol. The summed E-state index contributed by atoms with van der Waals surface area (Å²) >= 11 is 0. The van der Waals surface area contributed by atoms with Crippen LogP contribution in [0.2, 0.25) is 0 Å². The second-order valence-electron chi connectivity index (χ2n) is 10.3. The largest absolute Gasteiger partial charge is 0.507 e. The van der Waals surface area contributed by atoms with Gasteiger partial charge < -0.3 is 29.7 Å². The average molecular weight is 490 g/mol. The van der Waals surface area contributed by atoms with Gasteiger partial charge in [-0.15, -0.1) is 0 Å². The van der Waals surface area contributed by atoms with Crippen molar-refractivity contribution in [1.29, 1.82) is 0 Å². The van der Waals surface area contributed by atoms with E-state index < -0.39 is 23.6 Å². The number of likely N-dealkylation sites (tertiary alicyclic amines) is 1. The summed E-state index contributed by atoms with van der Waals surface area (Å²) in [6, 6.07) is 1.14. The summed E-state index contributed by atoms with van der Waals surface area (Å²) in [5.41, 5.74) is 0.123. The molecule has 1 aliphatic heterocycles. The molecule has 0 saturated carbocycles. The third-order valence-electron chi connectivity index (χ3n) is 7.45. The molecule has 35 heavy (non-hydrogen) atoms. The second-order valence-corrected chi connectivity index (χ2v) is 10.3. The highest BCUT2D eigenvalue weighted by atomic mass is 16.3. The Labute approximate surface area is 208 Å². The van der Waals surface area contributed by atoms with Gasteiger partial charge >= 0.3 is 0 Å². The summed E-state index contributed by atoms with van der Waals surface area (Å²) in [7, 11) is 1.92. The number of rotatable bonds is 12. The molecule has 3 unspecified atom stereocenters. The Morgan fingerprint density at radius 1 is 1.06 bits per heavy atom. The summed E-state index contributed by atoms with van der Waals surface area (Å²) in [5.74, 6) is -0.725. The lowest BCUT2D eigenvalue weighted by atomic mass is 9.85. The second kappa shape index (κ2) is 12.7. The number of fused-ring (bicyclic) bond motifs is 1. The zero-order chi connectivity index (χ0) is 25.5. The van der Waals surface area contributed by atoms with Gasteiger partial charge in [-0.1, -0.05) is 64.7 Å². The third-order valence-corrected chi connectivity index (χ3v) is 7.45. The molecule has 7 nitrogen and oxygen atoms in total. The summed E-state index contributed by atoms with van der Waals surface area (Å²) < 4.78 is 6.00. The minimum atomic E-state index is -0.981. The van der Waals surface area contributed by atoms with Crippen molar-refractivity contribution in [1.82, 2.24) is 4.90 Å². The molecule has 0 bridgehead atoms. The molecule has 2 heterocycles. The number of hydrogen-bond acceptors (Lipinski definition) is 7. The van der Waals surface area contributed by atoms with Gasteiger partial charge in [-0.25, -0.2) is 0 Å². The molecule has 196 valence electrons. The van der Waals surface area contributed by atoms with Crippen molar-refractivity contribution in [3.05, 3.63) is 33.2 Å². The maximum atomic E-state index is 13.4. The van der Waals surface area contributed by atoms with Crippen molar-refractivity contribution in [2.45, 2.75) is 103 Å². The van der Waals surface area contributed by atoms with Crippen LogP contribution in [0.15, 0.2) is 15.3 Å². The fourth-order valence-corrected chi connectivity index (χ4v) is 5.44. The van der Waals surface area contributed by atoms with E-state index in [-0.39, 0.29) is 33.8 Å². The standard InChI is InChI=1S/C28H43NO6/c1-4-5-6-7-8-9-10-11-12-13-20(30)24-18(2)35-28-25(19-14-15-29(3)17-23(19)33)21(31)16-22(32)26(28)27(24)34/h16,19-20,23,30-33H,4-15,17H2,1-3H3. The van der Waals surface area contributed by atoms with Gasteiger partial charge in [0, 0.05) is 24.1 Å². The molecule has 1 aromatic carbocycles. The Hall–Kier alpha value is -2.09. The van der Waals surface area contributed by atoms with Gasteiger partial charge in [0.05, 0.1) is 17.8 Å². The van der Waals surface area contributed by atoms with Crippen LogP contribution in [0.1, 0.15) is 106 Å². The van der Waals surface area contributed by atoms with Crippen LogP contribution in [0.4, 0.5) is 0 Å². The zero-order valence-electron chi connectivity index (χ0n) is 21.6. The minimum absolute atomic E-state index is 0.0457. The van der Waals surface area contributed by atoms with E-state index in [9.17, 15) is 25.2 Å². The predicted octanol–water partition coefficient (Wildman–Crippen LogP) is 5.25. The topological polar surface area (TPSA) is 114 Å². The zero-order valence-corrected chi connectivity index (χ0v) is 21.6.